The zero-order valence-electron chi connectivity index (χ0n) is 12.7. The number of piperidine rings is 1. The second kappa shape index (κ2) is 5.65. The Labute approximate surface area is 122 Å². The van der Waals surface area contributed by atoms with Crippen LogP contribution in [0.4, 0.5) is 5.69 Å². The van der Waals surface area contributed by atoms with Crippen LogP contribution in [0, 0.1) is 5.41 Å². The average molecular weight is 274 g/mol. The number of aryl methyl sites for hydroxylation is 1. The molecule has 0 radical (unpaired) electrons. The fourth-order valence-corrected chi connectivity index (χ4v) is 3.49. The van der Waals surface area contributed by atoms with Crippen LogP contribution in [0.3, 0.4) is 0 Å². The van der Waals surface area contributed by atoms with E-state index in [1.807, 2.05) is 0 Å². The van der Waals surface area contributed by atoms with Crippen molar-refractivity contribution >= 4 is 5.69 Å². The summed E-state index contributed by atoms with van der Waals surface area (Å²) in [6, 6.07) is 6.51. The summed E-state index contributed by atoms with van der Waals surface area (Å²) in [6.07, 6.45) is 4.96. The molecule has 2 aliphatic rings. The quantitative estimate of drug-likeness (QED) is 0.916. The number of benzene rings is 1. The van der Waals surface area contributed by atoms with Crippen molar-refractivity contribution in [2.45, 2.75) is 32.6 Å². The first-order valence-electron chi connectivity index (χ1n) is 7.83. The van der Waals surface area contributed by atoms with Crippen LogP contribution in [0.1, 0.15) is 31.7 Å². The number of hydrogen-bond donors (Lipinski definition) is 1. The molecule has 20 heavy (non-hydrogen) atoms. The molecule has 0 amide bonds. The van der Waals surface area contributed by atoms with Gasteiger partial charge < -0.3 is 15.0 Å². The monoisotopic (exact) mass is 274 g/mol. The molecule has 0 bridgehead atoms. The van der Waals surface area contributed by atoms with Crippen molar-refractivity contribution in [2.75, 3.05) is 38.6 Å². The number of anilines is 1. The lowest BCUT2D eigenvalue weighted by atomic mass is 9.83. The minimum absolute atomic E-state index is 0.288. The van der Waals surface area contributed by atoms with Gasteiger partial charge in [0.05, 0.1) is 6.61 Å². The van der Waals surface area contributed by atoms with Gasteiger partial charge in [0.1, 0.15) is 5.75 Å². The molecule has 0 saturated carbocycles. The number of nitrogens with zero attached hydrogens (tertiary/aromatic N) is 1. The van der Waals surface area contributed by atoms with E-state index in [2.05, 4.69) is 42.4 Å². The second-order valence-corrected chi connectivity index (χ2v) is 6.79. The maximum Gasteiger partial charge on any atom is 0.121 e. The van der Waals surface area contributed by atoms with E-state index in [4.69, 9.17) is 4.74 Å². The molecule has 1 saturated heterocycles. The van der Waals surface area contributed by atoms with Crippen molar-refractivity contribution in [3.8, 4) is 5.75 Å². The van der Waals surface area contributed by atoms with Gasteiger partial charge in [-0.15, -0.1) is 0 Å². The molecule has 0 aliphatic carbocycles. The van der Waals surface area contributed by atoms with Crippen LogP contribution >= 0.6 is 0 Å². The number of ether oxygens (including phenoxy) is 1. The Bertz CT molecular complexity index is 474. The van der Waals surface area contributed by atoms with Crippen LogP contribution in [0.5, 0.6) is 5.75 Å². The summed E-state index contributed by atoms with van der Waals surface area (Å²) in [4.78, 5) is 2.42. The van der Waals surface area contributed by atoms with Crippen LogP contribution in [-0.4, -0.2) is 38.2 Å². The van der Waals surface area contributed by atoms with E-state index < -0.39 is 0 Å². The smallest absolute Gasteiger partial charge is 0.121 e. The highest BCUT2D eigenvalue weighted by molar-refractivity contribution is 5.56. The predicted molar refractivity (Wildman–Crippen MR) is 83.6 cm³/mol. The molecule has 1 N–H and O–H groups in total. The topological polar surface area (TPSA) is 24.5 Å². The van der Waals surface area contributed by atoms with Gasteiger partial charge in [-0.2, -0.15) is 0 Å². The Hall–Kier alpha value is -1.22. The summed E-state index contributed by atoms with van der Waals surface area (Å²) in [5.74, 6) is 1.01. The highest BCUT2D eigenvalue weighted by Crippen LogP contribution is 2.31. The lowest BCUT2D eigenvalue weighted by Gasteiger charge is -2.38. The van der Waals surface area contributed by atoms with Crippen LogP contribution < -0.4 is 10.1 Å². The minimum atomic E-state index is 0.288. The van der Waals surface area contributed by atoms with E-state index in [1.165, 1.54) is 43.5 Å². The molecule has 3 nitrogen and oxygen atoms in total. The van der Waals surface area contributed by atoms with Crippen molar-refractivity contribution in [3.05, 3.63) is 23.8 Å². The van der Waals surface area contributed by atoms with Gasteiger partial charge in [0.15, 0.2) is 0 Å². The Morgan fingerprint density at radius 3 is 3.10 bits per heavy atom. The van der Waals surface area contributed by atoms with Crippen molar-refractivity contribution in [1.82, 2.24) is 4.90 Å². The molecule has 3 heteroatoms. The van der Waals surface area contributed by atoms with Crippen molar-refractivity contribution in [2.24, 2.45) is 5.41 Å². The average Bonchev–Trinajstić information content (AvgIpc) is 2.45. The highest BCUT2D eigenvalue weighted by Gasteiger charge is 2.30. The van der Waals surface area contributed by atoms with Crippen LogP contribution in [0.15, 0.2) is 18.2 Å². The molecule has 2 heterocycles. The van der Waals surface area contributed by atoms with E-state index >= 15 is 0 Å². The van der Waals surface area contributed by atoms with Crippen molar-refractivity contribution < 1.29 is 4.74 Å². The normalized spacial score (nSPS) is 26.7. The minimum Gasteiger partial charge on any atom is -0.493 e. The van der Waals surface area contributed by atoms with Gasteiger partial charge in [-0.1, -0.05) is 13.0 Å². The molecule has 1 aromatic carbocycles. The summed E-state index contributed by atoms with van der Waals surface area (Å²) >= 11 is 0. The first kappa shape index (κ1) is 13.7. The van der Waals surface area contributed by atoms with Crippen molar-refractivity contribution in [1.29, 1.82) is 0 Å². The van der Waals surface area contributed by atoms with Gasteiger partial charge in [-0.25, -0.2) is 0 Å². The van der Waals surface area contributed by atoms with Gasteiger partial charge in [-0.3, -0.25) is 0 Å². The Balaban J connectivity index is 1.63. The maximum atomic E-state index is 6.10. The van der Waals surface area contributed by atoms with E-state index in [1.54, 1.807) is 0 Å². The summed E-state index contributed by atoms with van der Waals surface area (Å²) in [5.41, 5.74) is 2.97. The third kappa shape index (κ3) is 3.09. The van der Waals surface area contributed by atoms with E-state index in [9.17, 15) is 0 Å². The molecular weight excluding hydrogens is 248 g/mol. The molecule has 0 aromatic heterocycles. The highest BCUT2D eigenvalue weighted by atomic mass is 16.5. The molecule has 110 valence electrons. The number of rotatable bonds is 3. The number of hydrogen-bond acceptors (Lipinski definition) is 3. The van der Waals surface area contributed by atoms with Gasteiger partial charge >= 0.3 is 0 Å². The standard InChI is InChI=1S/C17H26N2O/c1-17(8-4-10-19(2)12-17)13-20-15-7-6-14-5-3-9-18-16(14)11-15/h6-7,11,18H,3-5,8-10,12-13H2,1-2H3. The van der Waals surface area contributed by atoms with Crippen LogP contribution in [-0.2, 0) is 6.42 Å². The van der Waals surface area contributed by atoms with E-state index in [0.29, 0.717) is 0 Å². The Kier molecular flexibility index (Phi) is 3.88. The lowest BCUT2D eigenvalue weighted by molar-refractivity contribution is 0.0701. The maximum absolute atomic E-state index is 6.10. The van der Waals surface area contributed by atoms with Crippen LogP contribution in [0.25, 0.3) is 0 Å². The SMILES string of the molecule is CN1CCCC(C)(COc2ccc3c(c2)NCCC3)C1. The van der Waals surface area contributed by atoms with Crippen molar-refractivity contribution in [3.63, 3.8) is 0 Å². The first-order valence-corrected chi connectivity index (χ1v) is 7.83. The summed E-state index contributed by atoms with van der Waals surface area (Å²) in [5, 5.41) is 3.47. The molecule has 1 unspecified atom stereocenters. The molecule has 0 spiro atoms. The fraction of sp³-hybridized carbons (Fsp3) is 0.647. The summed E-state index contributed by atoms with van der Waals surface area (Å²) in [6.45, 7) is 6.60. The third-order valence-electron chi connectivity index (χ3n) is 4.58. The number of fused-ring (bicyclic) bond motifs is 1. The Morgan fingerprint density at radius 1 is 1.35 bits per heavy atom. The fourth-order valence-electron chi connectivity index (χ4n) is 3.49. The molecule has 1 atom stereocenters. The van der Waals surface area contributed by atoms with Gasteiger partial charge in [-0.05, 0) is 50.9 Å². The van der Waals surface area contributed by atoms with Gasteiger partial charge in [0.25, 0.3) is 0 Å². The number of likely N-dealkylation sites (tertiary alicyclic amines) is 1. The molecule has 2 aliphatic heterocycles. The van der Waals surface area contributed by atoms with Gasteiger partial charge in [0.2, 0.25) is 0 Å². The van der Waals surface area contributed by atoms with Gasteiger partial charge in [0, 0.05) is 30.3 Å². The second-order valence-electron chi connectivity index (χ2n) is 6.79. The lowest BCUT2D eigenvalue weighted by Crippen LogP contribution is -2.42. The van der Waals surface area contributed by atoms with E-state index in [0.717, 1.165) is 25.4 Å². The molecule has 1 aromatic rings. The zero-order chi connectivity index (χ0) is 14.0. The largest absolute Gasteiger partial charge is 0.493 e. The molecule has 1 fully saturated rings. The summed E-state index contributed by atoms with van der Waals surface area (Å²) < 4.78 is 6.10. The third-order valence-corrected chi connectivity index (χ3v) is 4.58. The molecule has 3 rings (SSSR count). The number of nitrogens with one attached hydrogen (secondary N) is 1. The first-order chi connectivity index (χ1) is 9.65. The summed E-state index contributed by atoms with van der Waals surface area (Å²) in [7, 11) is 2.21. The van der Waals surface area contributed by atoms with Crippen LogP contribution in [0.2, 0.25) is 0 Å². The predicted octanol–water partition coefficient (Wildman–Crippen LogP) is 3.16. The molecular formula is C17H26N2O. The Morgan fingerprint density at radius 2 is 2.25 bits per heavy atom. The van der Waals surface area contributed by atoms with E-state index in [-0.39, 0.29) is 5.41 Å². The zero-order valence-corrected chi connectivity index (χ0v) is 12.7.